The van der Waals surface area contributed by atoms with Crippen LogP contribution in [0.1, 0.15) is 19.4 Å². The van der Waals surface area contributed by atoms with E-state index in [-0.39, 0.29) is 16.7 Å². The van der Waals surface area contributed by atoms with Gasteiger partial charge in [-0.3, -0.25) is 0 Å². The van der Waals surface area contributed by atoms with Crippen molar-refractivity contribution in [3.63, 3.8) is 0 Å². The molecule has 0 saturated heterocycles. The third-order valence-corrected chi connectivity index (χ3v) is 1.75. The Morgan fingerprint density at radius 2 is 1.93 bits per heavy atom. The number of hydrogen-bond acceptors (Lipinski definition) is 2. The molecule has 1 heterocycles. The van der Waals surface area contributed by atoms with Crippen molar-refractivity contribution in [3.05, 3.63) is 29.7 Å². The highest BCUT2D eigenvalue weighted by atomic mass is 19.1. The van der Waals surface area contributed by atoms with E-state index in [0.717, 1.165) is 12.5 Å². The minimum Gasteiger partial charge on any atom is -0.440 e. The quantitative estimate of drug-likeness (QED) is 0.649. The maximum absolute atomic E-state index is 13.1. The summed E-state index contributed by atoms with van der Waals surface area (Å²) in [6, 6.07) is 1.15. The smallest absolute Gasteiger partial charge is 0.190 e. The maximum Gasteiger partial charge on any atom is 0.190 e. The normalized spacial score (nSPS) is 9.79. The zero-order chi connectivity index (χ0) is 10.7. The molecule has 76 valence electrons. The van der Waals surface area contributed by atoms with Crippen LogP contribution in [0.4, 0.5) is 8.78 Å². The van der Waals surface area contributed by atoms with Crippen molar-refractivity contribution in [1.82, 2.24) is 4.98 Å². The van der Waals surface area contributed by atoms with E-state index in [0.29, 0.717) is 0 Å². The van der Waals surface area contributed by atoms with Crippen LogP contribution in [0.25, 0.3) is 11.1 Å². The fourth-order valence-corrected chi connectivity index (χ4v) is 1.03. The third kappa shape index (κ3) is 1.60. The fraction of sp³-hybridized carbons (Fsp3) is 0.300. The first-order valence-electron chi connectivity index (χ1n) is 4.38. The molecule has 0 amide bonds. The topological polar surface area (TPSA) is 26.0 Å². The van der Waals surface area contributed by atoms with E-state index < -0.39 is 11.6 Å². The Balaban J connectivity index is 0.000000461. The van der Waals surface area contributed by atoms with E-state index in [2.05, 4.69) is 4.98 Å². The Morgan fingerprint density at radius 1 is 1.29 bits per heavy atom. The van der Waals surface area contributed by atoms with Gasteiger partial charge in [-0.1, -0.05) is 13.8 Å². The van der Waals surface area contributed by atoms with Crippen LogP contribution < -0.4 is 0 Å². The maximum atomic E-state index is 13.1. The van der Waals surface area contributed by atoms with Crippen molar-refractivity contribution >= 4 is 11.1 Å². The summed E-state index contributed by atoms with van der Waals surface area (Å²) in [5.41, 5.74) is 0.170. The summed E-state index contributed by atoms with van der Waals surface area (Å²) in [6.07, 6.45) is 1.09. The van der Waals surface area contributed by atoms with E-state index in [9.17, 15) is 8.78 Å². The summed E-state index contributed by atoms with van der Waals surface area (Å²) in [5.74, 6) is -1.28. The van der Waals surface area contributed by atoms with Crippen molar-refractivity contribution in [3.8, 4) is 0 Å². The summed E-state index contributed by atoms with van der Waals surface area (Å²) in [5, 5.41) is 0. The van der Waals surface area contributed by atoms with Gasteiger partial charge in [-0.25, -0.2) is 13.8 Å². The van der Waals surface area contributed by atoms with Crippen LogP contribution in [0.2, 0.25) is 0 Å². The molecular weight excluding hydrogens is 188 g/mol. The Labute approximate surface area is 80.6 Å². The van der Waals surface area contributed by atoms with Gasteiger partial charge in [0.2, 0.25) is 0 Å². The van der Waals surface area contributed by atoms with Crippen molar-refractivity contribution in [2.45, 2.75) is 20.8 Å². The van der Waals surface area contributed by atoms with E-state index in [1.807, 2.05) is 13.8 Å². The molecule has 0 spiro atoms. The van der Waals surface area contributed by atoms with Crippen molar-refractivity contribution in [1.29, 1.82) is 0 Å². The number of halogens is 2. The van der Waals surface area contributed by atoms with E-state index in [4.69, 9.17) is 4.42 Å². The average Bonchev–Trinajstić information content (AvgIpc) is 2.65. The van der Waals surface area contributed by atoms with Gasteiger partial charge >= 0.3 is 0 Å². The molecule has 0 atom stereocenters. The van der Waals surface area contributed by atoms with Gasteiger partial charge in [-0.15, -0.1) is 0 Å². The summed E-state index contributed by atoms with van der Waals surface area (Å²) < 4.78 is 30.7. The zero-order valence-electron chi connectivity index (χ0n) is 8.27. The monoisotopic (exact) mass is 199 g/mol. The molecule has 4 heteroatoms. The summed E-state index contributed by atoms with van der Waals surface area (Å²) >= 11 is 0. The standard InChI is InChI=1S/C8H5F2NO.C2H6/c1-4-5(9)2-6-8(7(4)10)12-3-11-6;1-2/h2-3H,1H3;1-2H3. The molecular formula is C10H11F2NO. The first kappa shape index (κ1) is 10.6. The predicted molar refractivity (Wildman–Crippen MR) is 50.0 cm³/mol. The highest BCUT2D eigenvalue weighted by molar-refractivity contribution is 5.73. The predicted octanol–water partition coefficient (Wildman–Crippen LogP) is 3.44. The van der Waals surface area contributed by atoms with Gasteiger partial charge in [0.05, 0.1) is 0 Å². The molecule has 0 fully saturated rings. The molecule has 0 bridgehead atoms. The molecule has 0 aliphatic heterocycles. The van der Waals surface area contributed by atoms with Crippen LogP contribution in [0.5, 0.6) is 0 Å². The van der Waals surface area contributed by atoms with Crippen molar-refractivity contribution in [2.24, 2.45) is 0 Å². The number of rotatable bonds is 0. The molecule has 0 radical (unpaired) electrons. The molecule has 0 saturated carbocycles. The van der Waals surface area contributed by atoms with Gasteiger partial charge in [0.1, 0.15) is 11.3 Å². The lowest BCUT2D eigenvalue weighted by Crippen LogP contribution is -1.88. The van der Waals surface area contributed by atoms with Crippen LogP contribution >= 0.6 is 0 Å². The second-order valence-electron chi connectivity index (χ2n) is 2.50. The summed E-state index contributed by atoms with van der Waals surface area (Å²) in [6.45, 7) is 5.35. The lowest BCUT2D eigenvalue weighted by Gasteiger charge is -1.96. The Bertz CT molecular complexity index is 437. The first-order valence-corrected chi connectivity index (χ1v) is 4.38. The molecule has 2 nitrogen and oxygen atoms in total. The van der Waals surface area contributed by atoms with Crippen LogP contribution in [-0.2, 0) is 0 Å². The van der Waals surface area contributed by atoms with Crippen molar-refractivity contribution in [2.75, 3.05) is 0 Å². The molecule has 0 aliphatic carbocycles. The van der Waals surface area contributed by atoms with Crippen LogP contribution in [0.3, 0.4) is 0 Å². The number of fused-ring (bicyclic) bond motifs is 1. The van der Waals surface area contributed by atoms with Gasteiger partial charge in [0.15, 0.2) is 17.8 Å². The number of hydrogen-bond donors (Lipinski definition) is 0. The lowest BCUT2D eigenvalue weighted by molar-refractivity contribution is 0.535. The van der Waals surface area contributed by atoms with Crippen LogP contribution in [0, 0.1) is 18.6 Å². The first-order chi connectivity index (χ1) is 6.70. The summed E-state index contributed by atoms with van der Waals surface area (Å²) in [7, 11) is 0. The second kappa shape index (κ2) is 4.17. The number of aromatic nitrogens is 1. The van der Waals surface area contributed by atoms with E-state index in [1.165, 1.54) is 6.92 Å². The van der Waals surface area contributed by atoms with Gasteiger partial charge in [-0.2, -0.15) is 0 Å². The average molecular weight is 199 g/mol. The molecule has 1 aromatic carbocycles. The SMILES string of the molecule is CC.Cc1c(F)cc2ncoc2c1F. The fourth-order valence-electron chi connectivity index (χ4n) is 1.03. The molecule has 0 aliphatic rings. The molecule has 2 aromatic rings. The van der Waals surface area contributed by atoms with Crippen molar-refractivity contribution < 1.29 is 13.2 Å². The Morgan fingerprint density at radius 3 is 2.57 bits per heavy atom. The van der Waals surface area contributed by atoms with Gasteiger partial charge < -0.3 is 4.42 Å². The number of nitrogens with zero attached hydrogens (tertiary/aromatic N) is 1. The number of benzene rings is 1. The number of oxazole rings is 1. The Kier molecular flexibility index (Phi) is 3.17. The second-order valence-corrected chi connectivity index (χ2v) is 2.50. The van der Waals surface area contributed by atoms with Gasteiger partial charge in [-0.05, 0) is 6.92 Å². The zero-order valence-corrected chi connectivity index (χ0v) is 8.27. The lowest BCUT2D eigenvalue weighted by atomic mass is 10.2. The van der Waals surface area contributed by atoms with Crippen LogP contribution in [0.15, 0.2) is 16.9 Å². The highest BCUT2D eigenvalue weighted by Gasteiger charge is 2.12. The van der Waals surface area contributed by atoms with E-state index in [1.54, 1.807) is 0 Å². The minimum absolute atomic E-state index is 0.00824. The molecule has 0 unspecified atom stereocenters. The molecule has 14 heavy (non-hydrogen) atoms. The van der Waals surface area contributed by atoms with Crippen LogP contribution in [-0.4, -0.2) is 4.98 Å². The Hall–Kier alpha value is -1.45. The highest BCUT2D eigenvalue weighted by Crippen LogP contribution is 2.21. The summed E-state index contributed by atoms with van der Waals surface area (Å²) in [4.78, 5) is 3.63. The molecule has 1 aromatic heterocycles. The van der Waals surface area contributed by atoms with Gasteiger partial charge in [0, 0.05) is 11.6 Å². The minimum atomic E-state index is -0.678. The molecule has 2 rings (SSSR count). The third-order valence-electron chi connectivity index (χ3n) is 1.75. The molecule has 0 N–H and O–H groups in total. The van der Waals surface area contributed by atoms with E-state index >= 15 is 0 Å². The largest absolute Gasteiger partial charge is 0.440 e. The van der Waals surface area contributed by atoms with Gasteiger partial charge in [0.25, 0.3) is 0 Å².